The Balaban J connectivity index is 2.12. The van der Waals surface area contributed by atoms with Gasteiger partial charge in [0.1, 0.15) is 0 Å². The molecule has 1 aliphatic heterocycles. The SMILES string of the molecule is CCc1ccsc1C(=O)N1CCN[C@@H](C)C1. The number of amides is 1. The number of carbonyl (C=O) groups is 1. The Morgan fingerprint density at radius 3 is 3.19 bits per heavy atom. The fraction of sp³-hybridized carbons (Fsp3) is 0.583. The highest BCUT2D eigenvalue weighted by Crippen LogP contribution is 2.20. The van der Waals surface area contributed by atoms with Crippen LogP contribution in [0.4, 0.5) is 0 Å². The van der Waals surface area contributed by atoms with E-state index in [9.17, 15) is 4.79 Å². The van der Waals surface area contributed by atoms with E-state index in [-0.39, 0.29) is 5.91 Å². The Hall–Kier alpha value is -0.870. The molecule has 0 bridgehead atoms. The second-order valence-electron chi connectivity index (χ2n) is 4.23. The van der Waals surface area contributed by atoms with Crippen LogP contribution in [0.2, 0.25) is 0 Å². The number of rotatable bonds is 2. The highest BCUT2D eigenvalue weighted by atomic mass is 32.1. The van der Waals surface area contributed by atoms with Gasteiger partial charge in [0.15, 0.2) is 0 Å². The molecule has 1 N–H and O–H groups in total. The summed E-state index contributed by atoms with van der Waals surface area (Å²) in [6.45, 7) is 6.76. The second-order valence-corrected chi connectivity index (χ2v) is 5.15. The molecule has 88 valence electrons. The maximum absolute atomic E-state index is 12.3. The predicted molar refractivity (Wildman–Crippen MR) is 67.1 cm³/mol. The predicted octanol–water partition coefficient (Wildman–Crippen LogP) is 1.74. The maximum Gasteiger partial charge on any atom is 0.264 e. The van der Waals surface area contributed by atoms with Crippen LogP contribution in [-0.2, 0) is 6.42 Å². The van der Waals surface area contributed by atoms with Crippen molar-refractivity contribution in [1.82, 2.24) is 10.2 Å². The molecule has 16 heavy (non-hydrogen) atoms. The number of nitrogens with one attached hydrogen (secondary N) is 1. The van der Waals surface area contributed by atoms with Crippen molar-refractivity contribution in [2.24, 2.45) is 0 Å². The third kappa shape index (κ3) is 2.28. The fourth-order valence-corrected chi connectivity index (χ4v) is 3.02. The monoisotopic (exact) mass is 238 g/mol. The van der Waals surface area contributed by atoms with Crippen molar-refractivity contribution in [2.45, 2.75) is 26.3 Å². The minimum atomic E-state index is 0.209. The van der Waals surface area contributed by atoms with E-state index < -0.39 is 0 Å². The van der Waals surface area contributed by atoms with Crippen LogP contribution in [-0.4, -0.2) is 36.5 Å². The zero-order valence-corrected chi connectivity index (χ0v) is 10.6. The number of aryl methyl sites for hydroxylation is 1. The van der Waals surface area contributed by atoms with Crippen LogP contribution in [0.25, 0.3) is 0 Å². The molecule has 0 spiro atoms. The van der Waals surface area contributed by atoms with Gasteiger partial charge in [-0.15, -0.1) is 11.3 Å². The Morgan fingerprint density at radius 2 is 2.50 bits per heavy atom. The van der Waals surface area contributed by atoms with Gasteiger partial charge in [0.25, 0.3) is 5.91 Å². The zero-order valence-electron chi connectivity index (χ0n) is 9.82. The van der Waals surface area contributed by atoms with Crippen molar-refractivity contribution in [3.63, 3.8) is 0 Å². The molecule has 1 fully saturated rings. The first-order valence-electron chi connectivity index (χ1n) is 5.81. The summed E-state index contributed by atoms with van der Waals surface area (Å²) in [5.74, 6) is 0.209. The largest absolute Gasteiger partial charge is 0.335 e. The van der Waals surface area contributed by atoms with Gasteiger partial charge in [0.2, 0.25) is 0 Å². The first kappa shape index (κ1) is 11.6. The number of thiophene rings is 1. The fourth-order valence-electron chi connectivity index (χ4n) is 2.06. The molecule has 0 aromatic carbocycles. The molecule has 4 heteroatoms. The second kappa shape index (κ2) is 4.97. The summed E-state index contributed by atoms with van der Waals surface area (Å²) in [6.07, 6.45) is 0.937. The number of hydrogen-bond donors (Lipinski definition) is 1. The quantitative estimate of drug-likeness (QED) is 0.851. The molecule has 0 unspecified atom stereocenters. The van der Waals surface area contributed by atoms with E-state index in [2.05, 4.69) is 25.2 Å². The highest BCUT2D eigenvalue weighted by Gasteiger charge is 2.23. The minimum absolute atomic E-state index is 0.209. The van der Waals surface area contributed by atoms with E-state index in [1.54, 1.807) is 11.3 Å². The molecule has 1 aromatic heterocycles. The molecule has 1 aromatic rings. The van der Waals surface area contributed by atoms with Gasteiger partial charge in [-0.1, -0.05) is 6.92 Å². The first-order valence-corrected chi connectivity index (χ1v) is 6.69. The first-order chi connectivity index (χ1) is 7.72. The molecule has 2 heterocycles. The van der Waals surface area contributed by atoms with Crippen molar-refractivity contribution in [2.75, 3.05) is 19.6 Å². The van der Waals surface area contributed by atoms with Crippen molar-refractivity contribution < 1.29 is 4.79 Å². The summed E-state index contributed by atoms with van der Waals surface area (Å²) in [5.41, 5.74) is 1.18. The van der Waals surface area contributed by atoms with E-state index >= 15 is 0 Å². The summed E-state index contributed by atoms with van der Waals surface area (Å²) in [5, 5.41) is 5.36. The Kier molecular flexibility index (Phi) is 3.61. The molecule has 1 saturated heterocycles. The molecule has 0 aliphatic carbocycles. The van der Waals surface area contributed by atoms with Gasteiger partial charge in [-0.25, -0.2) is 0 Å². The molecule has 1 amide bonds. The van der Waals surface area contributed by atoms with Crippen LogP contribution in [0, 0.1) is 0 Å². The van der Waals surface area contributed by atoms with Crippen LogP contribution in [0.1, 0.15) is 29.1 Å². The topological polar surface area (TPSA) is 32.3 Å². The Bertz CT molecular complexity index is 375. The van der Waals surface area contributed by atoms with Gasteiger partial charge in [0.05, 0.1) is 4.88 Å². The van der Waals surface area contributed by atoms with Crippen molar-refractivity contribution in [3.8, 4) is 0 Å². The lowest BCUT2D eigenvalue weighted by molar-refractivity contribution is 0.0713. The highest BCUT2D eigenvalue weighted by molar-refractivity contribution is 7.12. The van der Waals surface area contributed by atoms with Crippen LogP contribution in [0.3, 0.4) is 0 Å². The number of hydrogen-bond acceptors (Lipinski definition) is 3. The molecular weight excluding hydrogens is 220 g/mol. The lowest BCUT2D eigenvalue weighted by Gasteiger charge is -2.31. The summed E-state index contributed by atoms with van der Waals surface area (Å²) in [7, 11) is 0. The molecule has 3 nitrogen and oxygen atoms in total. The average molecular weight is 238 g/mol. The summed E-state index contributed by atoms with van der Waals surface area (Å²) >= 11 is 1.57. The van der Waals surface area contributed by atoms with Gasteiger partial charge in [0, 0.05) is 25.7 Å². The Morgan fingerprint density at radius 1 is 1.69 bits per heavy atom. The smallest absolute Gasteiger partial charge is 0.264 e. The molecular formula is C12H18N2OS. The number of piperazine rings is 1. The van der Waals surface area contributed by atoms with Crippen LogP contribution < -0.4 is 5.32 Å². The Labute approximate surface area is 100 Å². The zero-order chi connectivity index (χ0) is 11.5. The summed E-state index contributed by atoms with van der Waals surface area (Å²) < 4.78 is 0. The summed E-state index contributed by atoms with van der Waals surface area (Å²) in [4.78, 5) is 15.2. The van der Waals surface area contributed by atoms with E-state index in [4.69, 9.17) is 0 Å². The normalized spacial score (nSPS) is 21.1. The van der Waals surface area contributed by atoms with Crippen LogP contribution >= 0.6 is 11.3 Å². The standard InChI is InChI=1S/C12H18N2OS/c1-3-10-4-7-16-11(10)12(15)14-6-5-13-9(2)8-14/h4,7,9,13H,3,5-6,8H2,1-2H3/t9-/m0/s1. The molecule has 1 atom stereocenters. The number of nitrogens with zero attached hydrogens (tertiary/aromatic N) is 1. The van der Waals surface area contributed by atoms with Gasteiger partial charge < -0.3 is 10.2 Å². The lowest BCUT2D eigenvalue weighted by atomic mass is 10.1. The van der Waals surface area contributed by atoms with Crippen LogP contribution in [0.15, 0.2) is 11.4 Å². The van der Waals surface area contributed by atoms with E-state index in [0.29, 0.717) is 6.04 Å². The molecule has 1 aliphatic rings. The van der Waals surface area contributed by atoms with E-state index in [1.165, 1.54) is 5.56 Å². The maximum atomic E-state index is 12.3. The average Bonchev–Trinajstić information content (AvgIpc) is 2.76. The van der Waals surface area contributed by atoms with Gasteiger partial charge in [-0.2, -0.15) is 0 Å². The third-order valence-electron chi connectivity index (χ3n) is 2.98. The van der Waals surface area contributed by atoms with Crippen molar-refractivity contribution in [1.29, 1.82) is 0 Å². The third-order valence-corrected chi connectivity index (χ3v) is 3.92. The van der Waals surface area contributed by atoms with Crippen molar-refractivity contribution >= 4 is 17.2 Å². The number of carbonyl (C=O) groups excluding carboxylic acids is 1. The lowest BCUT2D eigenvalue weighted by Crippen LogP contribution is -2.51. The molecule has 0 saturated carbocycles. The van der Waals surface area contributed by atoms with Gasteiger partial charge in [-0.05, 0) is 30.4 Å². The minimum Gasteiger partial charge on any atom is -0.335 e. The summed E-state index contributed by atoms with van der Waals surface area (Å²) in [6, 6.07) is 2.46. The van der Waals surface area contributed by atoms with E-state index in [0.717, 1.165) is 30.9 Å². The van der Waals surface area contributed by atoms with E-state index in [1.807, 2.05) is 10.3 Å². The molecule has 0 radical (unpaired) electrons. The van der Waals surface area contributed by atoms with Gasteiger partial charge in [-0.3, -0.25) is 4.79 Å². The molecule has 2 rings (SSSR count). The van der Waals surface area contributed by atoms with Crippen molar-refractivity contribution in [3.05, 3.63) is 21.9 Å². The van der Waals surface area contributed by atoms with Gasteiger partial charge >= 0.3 is 0 Å². The van der Waals surface area contributed by atoms with Crippen LogP contribution in [0.5, 0.6) is 0 Å².